The summed E-state index contributed by atoms with van der Waals surface area (Å²) in [5.74, 6) is 0.840. The Labute approximate surface area is 92.0 Å². The number of hydrogen-bond donors (Lipinski definition) is 0. The second-order valence-corrected chi connectivity index (χ2v) is 4.20. The molecule has 1 aromatic heterocycles. The Morgan fingerprint density at radius 1 is 1.62 bits per heavy atom. The monoisotopic (exact) mass is 262 g/mol. The Hall–Kier alpha value is -0.280. The highest BCUT2D eigenvalue weighted by atomic mass is 79.9. The van der Waals surface area contributed by atoms with Crippen LogP contribution in [-0.2, 0) is 0 Å². The van der Waals surface area contributed by atoms with Crippen molar-refractivity contribution in [2.45, 2.75) is 13.3 Å². The molecule has 2 nitrogen and oxygen atoms in total. The molecular weight excluding hydrogens is 251 g/mol. The Morgan fingerprint density at radius 2 is 2.31 bits per heavy atom. The van der Waals surface area contributed by atoms with E-state index >= 15 is 0 Å². The van der Waals surface area contributed by atoms with E-state index in [1.165, 1.54) is 0 Å². The van der Waals surface area contributed by atoms with Crippen LogP contribution in [0.15, 0.2) is 16.7 Å². The van der Waals surface area contributed by atoms with E-state index in [4.69, 9.17) is 11.6 Å². The molecule has 1 aromatic rings. The second-order valence-electron chi connectivity index (χ2n) is 2.88. The van der Waals surface area contributed by atoms with Gasteiger partial charge in [-0.25, -0.2) is 4.98 Å². The zero-order valence-corrected chi connectivity index (χ0v) is 10.1. The molecule has 0 amide bonds. The lowest BCUT2D eigenvalue weighted by Crippen LogP contribution is -2.19. The van der Waals surface area contributed by atoms with Gasteiger partial charge >= 0.3 is 0 Å². The van der Waals surface area contributed by atoms with Crippen molar-refractivity contribution >= 4 is 33.3 Å². The fourth-order valence-corrected chi connectivity index (χ4v) is 1.90. The predicted molar refractivity (Wildman–Crippen MR) is 60.5 cm³/mol. The van der Waals surface area contributed by atoms with E-state index in [0.717, 1.165) is 23.3 Å². The number of nitrogens with zero attached hydrogens (tertiary/aromatic N) is 2. The van der Waals surface area contributed by atoms with Crippen molar-refractivity contribution in [3.63, 3.8) is 0 Å². The number of pyridine rings is 1. The molecule has 1 rings (SSSR count). The van der Waals surface area contributed by atoms with Crippen LogP contribution in [0.5, 0.6) is 0 Å². The first kappa shape index (κ1) is 10.8. The first-order chi connectivity index (χ1) is 6.15. The summed E-state index contributed by atoms with van der Waals surface area (Å²) < 4.78 is 0.908. The van der Waals surface area contributed by atoms with Crippen LogP contribution in [0.2, 0.25) is 5.02 Å². The smallest absolute Gasteiger partial charge is 0.147 e. The third-order valence-corrected chi connectivity index (χ3v) is 2.42. The van der Waals surface area contributed by atoms with E-state index in [1.54, 1.807) is 6.20 Å². The van der Waals surface area contributed by atoms with Gasteiger partial charge in [-0.15, -0.1) is 0 Å². The van der Waals surface area contributed by atoms with Crippen LogP contribution < -0.4 is 4.90 Å². The fraction of sp³-hybridized carbons (Fsp3) is 0.444. The summed E-state index contributed by atoms with van der Waals surface area (Å²) in [6.45, 7) is 3.09. The topological polar surface area (TPSA) is 16.1 Å². The van der Waals surface area contributed by atoms with Gasteiger partial charge in [0.2, 0.25) is 0 Å². The van der Waals surface area contributed by atoms with Gasteiger partial charge in [0.05, 0.1) is 5.02 Å². The zero-order valence-electron chi connectivity index (χ0n) is 7.72. The molecule has 0 unspecified atom stereocenters. The van der Waals surface area contributed by atoms with Crippen molar-refractivity contribution in [2.75, 3.05) is 18.5 Å². The molecule has 13 heavy (non-hydrogen) atoms. The second kappa shape index (κ2) is 4.82. The van der Waals surface area contributed by atoms with Gasteiger partial charge in [0, 0.05) is 24.3 Å². The molecule has 1 heterocycles. The van der Waals surface area contributed by atoms with Crippen molar-refractivity contribution in [2.24, 2.45) is 0 Å². The quantitative estimate of drug-likeness (QED) is 0.831. The van der Waals surface area contributed by atoms with Gasteiger partial charge in [0.1, 0.15) is 5.82 Å². The van der Waals surface area contributed by atoms with E-state index in [1.807, 2.05) is 13.1 Å². The van der Waals surface area contributed by atoms with Crippen LogP contribution in [0, 0.1) is 0 Å². The van der Waals surface area contributed by atoms with Crippen LogP contribution in [-0.4, -0.2) is 18.6 Å². The minimum absolute atomic E-state index is 0.685. The maximum atomic E-state index is 6.03. The summed E-state index contributed by atoms with van der Waals surface area (Å²) in [6.07, 6.45) is 2.85. The number of hydrogen-bond acceptors (Lipinski definition) is 2. The third kappa shape index (κ3) is 2.85. The van der Waals surface area contributed by atoms with Gasteiger partial charge in [0.25, 0.3) is 0 Å². The zero-order chi connectivity index (χ0) is 9.84. The Kier molecular flexibility index (Phi) is 4.00. The van der Waals surface area contributed by atoms with Gasteiger partial charge < -0.3 is 4.90 Å². The molecular formula is C9H12BrClN2. The number of halogens is 2. The fourth-order valence-electron chi connectivity index (χ4n) is 1.13. The average Bonchev–Trinajstić information content (AvgIpc) is 2.04. The number of aromatic nitrogens is 1. The Bertz CT molecular complexity index is 291. The van der Waals surface area contributed by atoms with Gasteiger partial charge in [-0.2, -0.15) is 0 Å². The normalized spacial score (nSPS) is 10.2. The summed E-state index contributed by atoms with van der Waals surface area (Å²) >= 11 is 9.34. The standard InChI is InChI=1S/C9H12BrClN2/c1-3-4-13(2)9-8(11)5-7(10)6-12-9/h5-6H,3-4H2,1-2H3. The van der Waals surface area contributed by atoms with E-state index in [0.29, 0.717) is 5.02 Å². The first-order valence-corrected chi connectivity index (χ1v) is 5.34. The Balaban J connectivity index is 2.88. The van der Waals surface area contributed by atoms with E-state index in [-0.39, 0.29) is 0 Å². The molecule has 0 aliphatic heterocycles. The molecule has 0 aromatic carbocycles. The average molecular weight is 264 g/mol. The van der Waals surface area contributed by atoms with E-state index in [9.17, 15) is 0 Å². The van der Waals surface area contributed by atoms with Crippen LogP contribution in [0.1, 0.15) is 13.3 Å². The van der Waals surface area contributed by atoms with Crippen molar-refractivity contribution in [3.8, 4) is 0 Å². The van der Waals surface area contributed by atoms with Crippen molar-refractivity contribution in [1.29, 1.82) is 0 Å². The van der Waals surface area contributed by atoms with E-state index in [2.05, 4.69) is 32.7 Å². The van der Waals surface area contributed by atoms with Crippen LogP contribution >= 0.6 is 27.5 Å². The minimum atomic E-state index is 0.685. The van der Waals surface area contributed by atoms with Crippen molar-refractivity contribution in [1.82, 2.24) is 4.98 Å². The highest BCUT2D eigenvalue weighted by Gasteiger charge is 2.06. The third-order valence-electron chi connectivity index (χ3n) is 1.71. The van der Waals surface area contributed by atoms with Crippen molar-refractivity contribution < 1.29 is 0 Å². The summed E-state index contributed by atoms with van der Waals surface area (Å²) in [4.78, 5) is 6.29. The number of anilines is 1. The molecule has 0 N–H and O–H groups in total. The van der Waals surface area contributed by atoms with E-state index < -0.39 is 0 Å². The molecule has 0 spiro atoms. The largest absolute Gasteiger partial charge is 0.358 e. The molecule has 0 saturated carbocycles. The van der Waals surface area contributed by atoms with Crippen LogP contribution in [0.3, 0.4) is 0 Å². The molecule has 0 aliphatic carbocycles. The lowest BCUT2D eigenvalue weighted by atomic mass is 10.4. The summed E-state index contributed by atoms with van der Waals surface area (Å²) in [5.41, 5.74) is 0. The number of rotatable bonds is 3. The molecule has 0 aliphatic rings. The summed E-state index contributed by atoms with van der Waals surface area (Å²) in [5, 5.41) is 0.685. The van der Waals surface area contributed by atoms with Crippen molar-refractivity contribution in [3.05, 3.63) is 21.8 Å². The minimum Gasteiger partial charge on any atom is -0.358 e. The highest BCUT2D eigenvalue weighted by molar-refractivity contribution is 9.10. The predicted octanol–water partition coefficient (Wildman–Crippen LogP) is 3.34. The van der Waals surface area contributed by atoms with Crippen LogP contribution in [0.25, 0.3) is 0 Å². The molecule has 0 radical (unpaired) electrons. The lowest BCUT2D eigenvalue weighted by molar-refractivity contribution is 0.837. The lowest BCUT2D eigenvalue weighted by Gasteiger charge is -2.18. The molecule has 0 bridgehead atoms. The molecule has 0 atom stereocenters. The maximum Gasteiger partial charge on any atom is 0.147 e. The molecule has 0 saturated heterocycles. The molecule has 4 heteroatoms. The first-order valence-electron chi connectivity index (χ1n) is 4.17. The van der Waals surface area contributed by atoms with Crippen LogP contribution in [0.4, 0.5) is 5.82 Å². The van der Waals surface area contributed by atoms with Gasteiger partial charge in [-0.3, -0.25) is 0 Å². The van der Waals surface area contributed by atoms with Gasteiger partial charge in [-0.1, -0.05) is 18.5 Å². The highest BCUT2D eigenvalue weighted by Crippen LogP contribution is 2.25. The summed E-state index contributed by atoms with van der Waals surface area (Å²) in [6, 6.07) is 1.86. The molecule has 0 fully saturated rings. The SMILES string of the molecule is CCCN(C)c1ncc(Br)cc1Cl. The van der Waals surface area contributed by atoms with Gasteiger partial charge in [0.15, 0.2) is 0 Å². The summed E-state index contributed by atoms with van der Waals surface area (Å²) in [7, 11) is 1.99. The molecule has 72 valence electrons. The Morgan fingerprint density at radius 3 is 2.85 bits per heavy atom. The van der Waals surface area contributed by atoms with Gasteiger partial charge in [-0.05, 0) is 28.4 Å². The maximum absolute atomic E-state index is 6.03.